The smallest absolute Gasteiger partial charge is 0.227 e. The first kappa shape index (κ1) is 16.7. The van der Waals surface area contributed by atoms with Crippen molar-refractivity contribution in [3.8, 4) is 0 Å². The maximum Gasteiger partial charge on any atom is 0.227 e. The van der Waals surface area contributed by atoms with E-state index in [1.54, 1.807) is 0 Å². The van der Waals surface area contributed by atoms with Crippen LogP contribution in [-0.2, 0) is 9.59 Å². The maximum atomic E-state index is 12.8. The van der Waals surface area contributed by atoms with E-state index in [1.165, 1.54) is 6.39 Å². The van der Waals surface area contributed by atoms with Gasteiger partial charge in [-0.25, -0.2) is 0 Å². The highest BCUT2D eigenvalue weighted by Gasteiger charge is 2.30. The van der Waals surface area contributed by atoms with Crippen LogP contribution in [0.25, 0.3) is 5.57 Å². The molecule has 0 atom stereocenters. The van der Waals surface area contributed by atoms with E-state index in [1.807, 2.05) is 35.2 Å². The van der Waals surface area contributed by atoms with Gasteiger partial charge in [0, 0.05) is 31.0 Å². The average Bonchev–Trinajstić information content (AvgIpc) is 3.34. The van der Waals surface area contributed by atoms with Gasteiger partial charge in [-0.2, -0.15) is 4.98 Å². The van der Waals surface area contributed by atoms with E-state index in [0.29, 0.717) is 25.1 Å². The molecule has 1 aliphatic heterocycles. The van der Waals surface area contributed by atoms with E-state index < -0.39 is 0 Å². The van der Waals surface area contributed by atoms with Crippen LogP contribution in [0.2, 0.25) is 0 Å². The summed E-state index contributed by atoms with van der Waals surface area (Å²) in [4.78, 5) is 31.1. The first-order valence-electron chi connectivity index (χ1n) is 9.07. The summed E-state index contributed by atoms with van der Waals surface area (Å²) in [6.45, 7) is 1.33. The van der Waals surface area contributed by atoms with Crippen LogP contribution in [0.1, 0.15) is 49.4 Å². The second-order valence-corrected chi connectivity index (χ2v) is 6.87. The second kappa shape index (κ2) is 7.23. The van der Waals surface area contributed by atoms with Gasteiger partial charge >= 0.3 is 0 Å². The fourth-order valence-electron chi connectivity index (χ4n) is 3.88. The molecule has 6 heteroatoms. The maximum absolute atomic E-state index is 12.8. The van der Waals surface area contributed by atoms with Crippen molar-refractivity contribution in [1.82, 2.24) is 15.0 Å². The highest BCUT2D eigenvalue weighted by atomic mass is 16.5. The summed E-state index contributed by atoms with van der Waals surface area (Å²) in [6, 6.07) is 9.91. The first-order chi connectivity index (χ1) is 12.7. The highest BCUT2D eigenvalue weighted by molar-refractivity contribution is 6.10. The van der Waals surface area contributed by atoms with Crippen LogP contribution in [0.5, 0.6) is 0 Å². The van der Waals surface area contributed by atoms with Crippen molar-refractivity contribution in [3.63, 3.8) is 0 Å². The van der Waals surface area contributed by atoms with Gasteiger partial charge in [-0.1, -0.05) is 35.5 Å². The number of rotatable bonds is 4. The van der Waals surface area contributed by atoms with Crippen LogP contribution in [0.15, 0.2) is 46.8 Å². The minimum absolute atomic E-state index is 0.0373. The van der Waals surface area contributed by atoms with Crippen molar-refractivity contribution in [3.05, 3.63) is 53.7 Å². The Labute approximate surface area is 151 Å². The summed E-state index contributed by atoms with van der Waals surface area (Å²) in [7, 11) is 0. The SMILES string of the molecule is O=C1CCC(c2ccccc2)=C1CC(=O)N1CCC(c2ncon2)CC1. The molecule has 2 heterocycles. The molecule has 1 aromatic heterocycles. The first-order valence-corrected chi connectivity index (χ1v) is 9.07. The van der Waals surface area contributed by atoms with Crippen molar-refractivity contribution in [1.29, 1.82) is 0 Å². The Morgan fingerprint density at radius 1 is 1.15 bits per heavy atom. The number of carbonyl (C=O) groups excluding carboxylic acids is 2. The van der Waals surface area contributed by atoms with Gasteiger partial charge in [-0.05, 0) is 30.4 Å². The Bertz CT molecular complexity index is 819. The summed E-state index contributed by atoms with van der Waals surface area (Å²) in [5.41, 5.74) is 2.78. The molecule has 134 valence electrons. The number of hydrogen-bond donors (Lipinski definition) is 0. The third-order valence-corrected chi connectivity index (χ3v) is 5.34. The number of piperidine rings is 1. The lowest BCUT2D eigenvalue weighted by atomic mass is 9.95. The van der Waals surface area contributed by atoms with E-state index in [9.17, 15) is 9.59 Å². The monoisotopic (exact) mass is 351 g/mol. The van der Waals surface area contributed by atoms with E-state index in [4.69, 9.17) is 4.52 Å². The van der Waals surface area contributed by atoms with Gasteiger partial charge in [0.05, 0.1) is 6.42 Å². The fourth-order valence-corrected chi connectivity index (χ4v) is 3.88. The van der Waals surface area contributed by atoms with Gasteiger partial charge in [0.25, 0.3) is 0 Å². The van der Waals surface area contributed by atoms with Crippen LogP contribution in [0.4, 0.5) is 0 Å². The summed E-state index contributed by atoms with van der Waals surface area (Å²) in [5.74, 6) is 1.11. The quantitative estimate of drug-likeness (QED) is 0.846. The van der Waals surface area contributed by atoms with Crippen molar-refractivity contribution in [2.24, 2.45) is 0 Å². The molecule has 0 N–H and O–H groups in total. The number of likely N-dealkylation sites (tertiary alicyclic amines) is 1. The minimum atomic E-state index is 0.0373. The Morgan fingerprint density at radius 2 is 1.92 bits per heavy atom. The van der Waals surface area contributed by atoms with E-state index >= 15 is 0 Å². The Morgan fingerprint density at radius 3 is 2.62 bits per heavy atom. The van der Waals surface area contributed by atoms with Crippen LogP contribution in [-0.4, -0.2) is 39.8 Å². The van der Waals surface area contributed by atoms with Crippen LogP contribution in [0, 0.1) is 0 Å². The zero-order chi connectivity index (χ0) is 17.9. The molecule has 2 aliphatic rings. The molecule has 1 saturated heterocycles. The van der Waals surface area contributed by atoms with Crippen LogP contribution < -0.4 is 0 Å². The van der Waals surface area contributed by atoms with Crippen LogP contribution in [0.3, 0.4) is 0 Å². The molecule has 2 aromatic rings. The van der Waals surface area contributed by atoms with Gasteiger partial charge in [-0.3, -0.25) is 9.59 Å². The highest BCUT2D eigenvalue weighted by Crippen LogP contribution is 2.34. The molecule has 1 aromatic carbocycles. The topological polar surface area (TPSA) is 76.3 Å². The largest absolute Gasteiger partial charge is 0.343 e. The average molecular weight is 351 g/mol. The number of hydrogen-bond acceptors (Lipinski definition) is 5. The number of amides is 1. The second-order valence-electron chi connectivity index (χ2n) is 6.87. The molecule has 0 saturated carbocycles. The molecular formula is C20H21N3O3. The van der Waals surface area contributed by atoms with E-state index in [-0.39, 0.29) is 24.0 Å². The number of Topliss-reactive ketones (excluding diaryl/α,β-unsaturated/α-hetero) is 1. The molecule has 1 amide bonds. The number of nitrogens with zero attached hydrogens (tertiary/aromatic N) is 3. The Balaban J connectivity index is 1.43. The molecular weight excluding hydrogens is 330 g/mol. The summed E-state index contributed by atoms with van der Waals surface area (Å²) in [6.07, 6.45) is 4.43. The Kier molecular flexibility index (Phi) is 4.65. The molecule has 0 bridgehead atoms. The summed E-state index contributed by atoms with van der Waals surface area (Å²) < 4.78 is 4.81. The lowest BCUT2D eigenvalue weighted by molar-refractivity contribution is -0.132. The molecule has 0 radical (unpaired) electrons. The zero-order valence-electron chi connectivity index (χ0n) is 14.6. The van der Waals surface area contributed by atoms with Crippen molar-refractivity contribution in [2.45, 2.75) is 38.0 Å². The number of benzene rings is 1. The number of allylic oxidation sites excluding steroid dienone is 1. The van der Waals surface area contributed by atoms with Gasteiger partial charge < -0.3 is 9.42 Å². The lowest BCUT2D eigenvalue weighted by Gasteiger charge is -2.30. The fraction of sp³-hybridized carbons (Fsp3) is 0.400. The molecule has 1 fully saturated rings. The van der Waals surface area contributed by atoms with Crippen molar-refractivity contribution < 1.29 is 14.1 Å². The molecule has 6 nitrogen and oxygen atoms in total. The number of carbonyl (C=O) groups is 2. The van der Waals surface area contributed by atoms with E-state index in [0.717, 1.165) is 36.2 Å². The minimum Gasteiger partial charge on any atom is -0.343 e. The lowest BCUT2D eigenvalue weighted by Crippen LogP contribution is -2.38. The Hall–Kier alpha value is -2.76. The standard InChI is InChI=1S/C20H21N3O3/c24-18-7-6-16(14-4-2-1-3-5-14)17(18)12-19(25)23-10-8-15(9-11-23)20-21-13-26-22-20/h1-5,13,15H,6-12H2. The van der Waals surface area contributed by atoms with Crippen molar-refractivity contribution >= 4 is 17.3 Å². The summed E-state index contributed by atoms with van der Waals surface area (Å²) >= 11 is 0. The number of aromatic nitrogens is 2. The molecule has 0 unspecified atom stereocenters. The molecule has 4 rings (SSSR count). The predicted molar refractivity (Wildman–Crippen MR) is 95.1 cm³/mol. The third kappa shape index (κ3) is 3.31. The zero-order valence-corrected chi connectivity index (χ0v) is 14.6. The van der Waals surface area contributed by atoms with Crippen LogP contribution >= 0.6 is 0 Å². The van der Waals surface area contributed by atoms with E-state index in [2.05, 4.69) is 10.1 Å². The van der Waals surface area contributed by atoms with Gasteiger partial charge in [0.2, 0.25) is 12.3 Å². The third-order valence-electron chi connectivity index (χ3n) is 5.34. The summed E-state index contributed by atoms with van der Waals surface area (Å²) in [5, 5.41) is 3.90. The normalized spacial score (nSPS) is 18.6. The molecule has 1 aliphatic carbocycles. The van der Waals surface area contributed by atoms with Gasteiger partial charge in [-0.15, -0.1) is 0 Å². The number of ketones is 1. The van der Waals surface area contributed by atoms with Gasteiger partial charge in [0.15, 0.2) is 11.6 Å². The molecule has 26 heavy (non-hydrogen) atoms. The van der Waals surface area contributed by atoms with Gasteiger partial charge in [0.1, 0.15) is 0 Å². The van der Waals surface area contributed by atoms with Crippen molar-refractivity contribution in [2.75, 3.05) is 13.1 Å². The molecule has 0 spiro atoms. The predicted octanol–water partition coefficient (Wildman–Crippen LogP) is 2.98.